The number of amides is 1. The van der Waals surface area contributed by atoms with Crippen LogP contribution in [-0.4, -0.2) is 11.7 Å². The van der Waals surface area contributed by atoms with Crippen LogP contribution in [0.1, 0.15) is 26.3 Å². The van der Waals surface area contributed by atoms with Gasteiger partial charge in [-0.25, -0.2) is 4.79 Å². The summed E-state index contributed by atoms with van der Waals surface area (Å²) in [7, 11) is 0. The van der Waals surface area contributed by atoms with Crippen LogP contribution in [0.5, 0.6) is 0 Å². The van der Waals surface area contributed by atoms with Crippen LogP contribution in [0.2, 0.25) is 5.02 Å². The van der Waals surface area contributed by atoms with Crippen molar-refractivity contribution in [1.29, 1.82) is 0 Å². The van der Waals surface area contributed by atoms with E-state index < -0.39 is 11.7 Å². The summed E-state index contributed by atoms with van der Waals surface area (Å²) in [6, 6.07) is 15.2. The van der Waals surface area contributed by atoms with E-state index >= 15 is 0 Å². The van der Waals surface area contributed by atoms with Gasteiger partial charge in [0.1, 0.15) is 5.60 Å². The van der Waals surface area contributed by atoms with Crippen molar-refractivity contribution < 1.29 is 9.53 Å². The van der Waals surface area contributed by atoms with Gasteiger partial charge in [0, 0.05) is 22.9 Å². The lowest BCUT2D eigenvalue weighted by Crippen LogP contribution is -2.27. The zero-order valence-electron chi connectivity index (χ0n) is 13.5. The monoisotopic (exact) mass is 332 g/mol. The molecule has 0 radical (unpaired) electrons. The number of ether oxygens (including phenoxy) is 1. The first kappa shape index (κ1) is 17.2. The number of anilines is 2. The quantitative estimate of drug-likeness (QED) is 0.798. The van der Waals surface area contributed by atoms with Crippen LogP contribution in [0, 0.1) is 0 Å². The Morgan fingerprint density at radius 2 is 1.74 bits per heavy atom. The van der Waals surface area contributed by atoms with Crippen LogP contribution in [0.4, 0.5) is 16.2 Å². The number of benzene rings is 2. The highest BCUT2D eigenvalue weighted by atomic mass is 35.5. The van der Waals surface area contributed by atoms with E-state index in [1.807, 2.05) is 69.3 Å². The summed E-state index contributed by atoms with van der Waals surface area (Å²) in [5, 5.41) is 6.73. The van der Waals surface area contributed by atoms with E-state index in [2.05, 4.69) is 10.6 Å². The second-order valence-corrected chi connectivity index (χ2v) is 6.62. The third-order valence-electron chi connectivity index (χ3n) is 2.92. The van der Waals surface area contributed by atoms with Crippen molar-refractivity contribution in [2.75, 3.05) is 10.6 Å². The SMILES string of the molecule is CC(C)(C)OC(=O)Nc1ccc(NCc2cccc(Cl)c2)cc1. The number of carbonyl (C=O) groups excluding carboxylic acids is 1. The molecule has 23 heavy (non-hydrogen) atoms. The van der Waals surface area contributed by atoms with Gasteiger partial charge in [0.2, 0.25) is 0 Å². The lowest BCUT2D eigenvalue weighted by atomic mass is 10.2. The lowest BCUT2D eigenvalue weighted by Gasteiger charge is -2.19. The van der Waals surface area contributed by atoms with E-state index in [0.717, 1.165) is 16.3 Å². The largest absolute Gasteiger partial charge is 0.444 e. The predicted octanol–water partition coefficient (Wildman–Crippen LogP) is 5.30. The van der Waals surface area contributed by atoms with Crippen LogP contribution in [0.25, 0.3) is 0 Å². The Bertz CT molecular complexity index is 663. The summed E-state index contributed by atoms with van der Waals surface area (Å²) in [6.07, 6.45) is -0.461. The van der Waals surface area contributed by atoms with Crippen LogP contribution < -0.4 is 10.6 Å². The van der Waals surface area contributed by atoms with Crippen LogP contribution in [-0.2, 0) is 11.3 Å². The first-order valence-electron chi connectivity index (χ1n) is 7.40. The van der Waals surface area contributed by atoms with Crippen molar-refractivity contribution in [3.8, 4) is 0 Å². The van der Waals surface area contributed by atoms with Crippen molar-refractivity contribution in [3.63, 3.8) is 0 Å². The Morgan fingerprint density at radius 3 is 2.35 bits per heavy atom. The average molecular weight is 333 g/mol. The molecule has 2 N–H and O–H groups in total. The van der Waals surface area contributed by atoms with Gasteiger partial charge >= 0.3 is 6.09 Å². The highest BCUT2D eigenvalue weighted by molar-refractivity contribution is 6.30. The number of halogens is 1. The number of carbonyl (C=O) groups is 1. The molecule has 1 amide bonds. The van der Waals surface area contributed by atoms with E-state index in [1.54, 1.807) is 0 Å². The molecule has 0 fully saturated rings. The molecule has 0 aliphatic rings. The Balaban J connectivity index is 1.88. The maximum absolute atomic E-state index is 11.7. The summed E-state index contributed by atoms with van der Waals surface area (Å²) >= 11 is 5.96. The van der Waals surface area contributed by atoms with Gasteiger partial charge in [-0.1, -0.05) is 23.7 Å². The maximum atomic E-state index is 11.7. The summed E-state index contributed by atoms with van der Waals surface area (Å²) in [5.41, 5.74) is 2.24. The number of hydrogen-bond donors (Lipinski definition) is 2. The van der Waals surface area contributed by atoms with E-state index in [9.17, 15) is 4.79 Å². The Morgan fingerprint density at radius 1 is 1.09 bits per heavy atom. The van der Waals surface area contributed by atoms with Crippen molar-refractivity contribution in [2.45, 2.75) is 32.9 Å². The van der Waals surface area contributed by atoms with Gasteiger partial charge in [-0.05, 0) is 62.7 Å². The standard InChI is InChI=1S/C18H21ClN2O2/c1-18(2,3)23-17(22)21-16-9-7-15(8-10-16)20-12-13-5-4-6-14(19)11-13/h4-11,20H,12H2,1-3H3,(H,21,22). The van der Waals surface area contributed by atoms with Crippen molar-refractivity contribution >= 4 is 29.1 Å². The number of hydrogen-bond acceptors (Lipinski definition) is 3. The molecule has 0 aliphatic carbocycles. The molecule has 0 saturated carbocycles. The summed E-state index contributed by atoms with van der Waals surface area (Å²) in [5.74, 6) is 0. The maximum Gasteiger partial charge on any atom is 0.412 e. The lowest BCUT2D eigenvalue weighted by molar-refractivity contribution is 0.0636. The van der Waals surface area contributed by atoms with E-state index in [1.165, 1.54) is 0 Å². The molecule has 0 aromatic heterocycles. The van der Waals surface area contributed by atoms with Crippen molar-refractivity contribution in [3.05, 3.63) is 59.1 Å². The third-order valence-corrected chi connectivity index (χ3v) is 3.15. The number of nitrogens with one attached hydrogen (secondary N) is 2. The molecule has 0 heterocycles. The normalized spacial score (nSPS) is 11.0. The second kappa shape index (κ2) is 7.38. The fourth-order valence-corrected chi connectivity index (χ4v) is 2.16. The summed E-state index contributed by atoms with van der Waals surface area (Å²) in [6.45, 7) is 6.17. The van der Waals surface area contributed by atoms with E-state index in [-0.39, 0.29) is 0 Å². The smallest absolute Gasteiger partial charge is 0.412 e. The molecule has 0 spiro atoms. The van der Waals surface area contributed by atoms with Crippen molar-refractivity contribution in [1.82, 2.24) is 0 Å². The van der Waals surface area contributed by atoms with Crippen molar-refractivity contribution in [2.24, 2.45) is 0 Å². The van der Waals surface area contributed by atoms with Gasteiger partial charge in [-0.3, -0.25) is 5.32 Å². The molecule has 2 rings (SSSR count). The highest BCUT2D eigenvalue weighted by Gasteiger charge is 2.15. The Kier molecular flexibility index (Phi) is 5.50. The first-order valence-corrected chi connectivity index (χ1v) is 7.78. The molecule has 0 atom stereocenters. The van der Waals surface area contributed by atoms with Gasteiger partial charge in [-0.15, -0.1) is 0 Å². The molecule has 0 unspecified atom stereocenters. The van der Waals surface area contributed by atoms with E-state index in [4.69, 9.17) is 16.3 Å². The topological polar surface area (TPSA) is 50.4 Å². The zero-order valence-corrected chi connectivity index (χ0v) is 14.3. The fourth-order valence-electron chi connectivity index (χ4n) is 1.94. The molecular formula is C18H21ClN2O2. The second-order valence-electron chi connectivity index (χ2n) is 6.19. The molecule has 4 nitrogen and oxygen atoms in total. The van der Waals surface area contributed by atoms with Crippen LogP contribution in [0.15, 0.2) is 48.5 Å². The van der Waals surface area contributed by atoms with Crippen LogP contribution in [0.3, 0.4) is 0 Å². The Hall–Kier alpha value is -2.20. The molecule has 0 aliphatic heterocycles. The summed E-state index contributed by atoms with van der Waals surface area (Å²) in [4.78, 5) is 11.7. The van der Waals surface area contributed by atoms with Gasteiger partial charge in [0.15, 0.2) is 0 Å². The van der Waals surface area contributed by atoms with Gasteiger partial charge in [0.25, 0.3) is 0 Å². The highest BCUT2D eigenvalue weighted by Crippen LogP contribution is 2.17. The third kappa shape index (κ3) is 6.20. The molecule has 0 bridgehead atoms. The molecular weight excluding hydrogens is 312 g/mol. The minimum Gasteiger partial charge on any atom is -0.444 e. The fraction of sp³-hybridized carbons (Fsp3) is 0.278. The zero-order chi connectivity index (χ0) is 16.9. The van der Waals surface area contributed by atoms with Gasteiger partial charge in [0.05, 0.1) is 0 Å². The molecule has 2 aromatic carbocycles. The summed E-state index contributed by atoms with van der Waals surface area (Å²) < 4.78 is 5.21. The predicted molar refractivity (Wildman–Crippen MR) is 95.1 cm³/mol. The molecule has 0 saturated heterocycles. The minimum atomic E-state index is -0.511. The van der Waals surface area contributed by atoms with Gasteiger partial charge in [-0.2, -0.15) is 0 Å². The molecule has 2 aromatic rings. The molecule has 122 valence electrons. The van der Waals surface area contributed by atoms with Crippen LogP contribution >= 0.6 is 11.6 Å². The molecule has 5 heteroatoms. The Labute approximate surface area is 141 Å². The average Bonchev–Trinajstić information content (AvgIpc) is 2.44. The van der Waals surface area contributed by atoms with E-state index in [0.29, 0.717) is 12.2 Å². The number of rotatable bonds is 4. The van der Waals surface area contributed by atoms with Gasteiger partial charge < -0.3 is 10.1 Å². The first-order chi connectivity index (χ1) is 10.8. The minimum absolute atomic E-state index is 0.461.